The summed E-state index contributed by atoms with van der Waals surface area (Å²) in [5.41, 5.74) is 1.22. The average molecular weight is 308 g/mol. The molecule has 2 aromatic rings. The number of likely N-dealkylation sites (tertiary alicyclic amines) is 1. The minimum atomic E-state index is -0.0279. The number of amides is 1. The second-order valence-electron chi connectivity index (χ2n) is 5.71. The molecule has 1 fully saturated rings. The lowest BCUT2D eigenvalue weighted by molar-refractivity contribution is 0.0516. The molecule has 1 aliphatic heterocycles. The van der Waals surface area contributed by atoms with E-state index in [0.29, 0.717) is 28.6 Å². The van der Waals surface area contributed by atoms with Crippen LogP contribution in [-0.2, 0) is 0 Å². The number of fused-ring (bicyclic) bond motifs is 1. The van der Waals surface area contributed by atoms with Crippen molar-refractivity contribution in [3.8, 4) is 0 Å². The van der Waals surface area contributed by atoms with Gasteiger partial charge in [0.25, 0.3) is 5.91 Å². The van der Waals surface area contributed by atoms with E-state index in [4.69, 9.17) is 16.0 Å². The molecule has 0 bridgehead atoms. The van der Waals surface area contributed by atoms with Crippen LogP contribution >= 0.6 is 11.6 Å². The van der Waals surface area contributed by atoms with Crippen LogP contribution in [0.2, 0.25) is 5.02 Å². The molecule has 0 spiro atoms. The van der Waals surface area contributed by atoms with Gasteiger partial charge in [0.15, 0.2) is 0 Å². The van der Waals surface area contributed by atoms with Crippen molar-refractivity contribution in [2.75, 3.05) is 13.2 Å². The lowest BCUT2D eigenvalue weighted by Crippen LogP contribution is -2.45. The lowest BCUT2D eigenvalue weighted by atomic mass is 9.92. The van der Waals surface area contributed by atoms with Gasteiger partial charge in [0.2, 0.25) is 0 Å². The molecule has 1 aromatic heterocycles. The first-order valence-corrected chi connectivity index (χ1v) is 7.56. The van der Waals surface area contributed by atoms with Crippen molar-refractivity contribution >= 4 is 28.5 Å². The fourth-order valence-corrected chi connectivity index (χ4v) is 3.23. The molecule has 0 saturated carbocycles. The Kier molecular flexibility index (Phi) is 3.91. The Labute approximate surface area is 128 Å². The number of aliphatic hydroxyl groups excluding tert-OH is 1. The van der Waals surface area contributed by atoms with Crippen LogP contribution in [0.25, 0.3) is 11.0 Å². The van der Waals surface area contributed by atoms with E-state index in [1.54, 1.807) is 18.2 Å². The standard InChI is InChI=1S/C16H18ClNO3/c1-10-6-11(8-19)4-5-18(10)16(20)14-9-21-15-3-2-12(17)7-13(14)15/h2-3,7,9-11,19H,4-6,8H2,1H3/t10-,11-/m1/s1. The third-order valence-corrected chi connectivity index (χ3v) is 4.50. The molecule has 4 nitrogen and oxygen atoms in total. The van der Waals surface area contributed by atoms with Crippen molar-refractivity contribution in [1.29, 1.82) is 0 Å². The zero-order valence-electron chi connectivity index (χ0n) is 11.9. The molecule has 2 atom stereocenters. The number of hydrogen-bond acceptors (Lipinski definition) is 3. The van der Waals surface area contributed by atoms with Crippen molar-refractivity contribution in [2.24, 2.45) is 5.92 Å². The summed E-state index contributed by atoms with van der Waals surface area (Å²) in [6.07, 6.45) is 3.18. The van der Waals surface area contributed by atoms with E-state index in [1.807, 2.05) is 11.8 Å². The zero-order valence-corrected chi connectivity index (χ0v) is 12.6. The second-order valence-corrected chi connectivity index (χ2v) is 6.15. The number of rotatable bonds is 2. The van der Waals surface area contributed by atoms with Gasteiger partial charge in [0.05, 0.1) is 5.56 Å². The summed E-state index contributed by atoms with van der Waals surface area (Å²) in [5.74, 6) is 0.263. The molecule has 0 radical (unpaired) electrons. The number of aliphatic hydroxyl groups is 1. The Hall–Kier alpha value is -1.52. The van der Waals surface area contributed by atoms with Gasteiger partial charge in [-0.05, 0) is 43.9 Å². The molecule has 112 valence electrons. The summed E-state index contributed by atoms with van der Waals surface area (Å²) in [6, 6.07) is 5.40. The lowest BCUT2D eigenvalue weighted by Gasteiger charge is -2.37. The smallest absolute Gasteiger partial charge is 0.257 e. The Morgan fingerprint density at radius 2 is 2.33 bits per heavy atom. The van der Waals surface area contributed by atoms with Gasteiger partial charge in [0, 0.05) is 29.6 Å². The highest BCUT2D eigenvalue weighted by Crippen LogP contribution is 2.29. The number of carbonyl (C=O) groups excluding carboxylic acids is 1. The first kappa shape index (κ1) is 14.4. The monoisotopic (exact) mass is 307 g/mol. The van der Waals surface area contributed by atoms with Gasteiger partial charge in [-0.15, -0.1) is 0 Å². The molecule has 1 N–H and O–H groups in total. The maximum absolute atomic E-state index is 12.8. The summed E-state index contributed by atoms with van der Waals surface area (Å²) < 4.78 is 5.45. The highest BCUT2D eigenvalue weighted by atomic mass is 35.5. The van der Waals surface area contributed by atoms with Gasteiger partial charge >= 0.3 is 0 Å². The molecule has 5 heteroatoms. The van der Waals surface area contributed by atoms with E-state index in [1.165, 1.54) is 6.26 Å². The molecule has 2 heterocycles. The van der Waals surface area contributed by atoms with Gasteiger partial charge in [0.1, 0.15) is 11.8 Å². The van der Waals surface area contributed by atoms with Crippen LogP contribution < -0.4 is 0 Å². The van der Waals surface area contributed by atoms with Gasteiger partial charge < -0.3 is 14.4 Å². The summed E-state index contributed by atoms with van der Waals surface area (Å²) in [7, 11) is 0. The normalized spacial score (nSPS) is 22.7. The van der Waals surface area contributed by atoms with E-state index >= 15 is 0 Å². The number of carbonyl (C=O) groups is 1. The van der Waals surface area contributed by atoms with Crippen molar-refractivity contribution in [3.63, 3.8) is 0 Å². The van der Waals surface area contributed by atoms with Crippen LogP contribution in [0.15, 0.2) is 28.9 Å². The topological polar surface area (TPSA) is 53.7 Å². The van der Waals surface area contributed by atoms with E-state index in [-0.39, 0.29) is 18.6 Å². The van der Waals surface area contributed by atoms with Crippen LogP contribution in [-0.4, -0.2) is 35.1 Å². The number of piperidine rings is 1. The Morgan fingerprint density at radius 3 is 3.05 bits per heavy atom. The van der Waals surface area contributed by atoms with Gasteiger partial charge in [-0.2, -0.15) is 0 Å². The number of benzene rings is 1. The molecule has 1 amide bonds. The summed E-state index contributed by atoms with van der Waals surface area (Å²) in [5, 5.41) is 10.6. The van der Waals surface area contributed by atoms with Gasteiger partial charge in [-0.3, -0.25) is 4.79 Å². The van der Waals surface area contributed by atoms with Crippen molar-refractivity contribution < 1.29 is 14.3 Å². The average Bonchev–Trinajstić information content (AvgIpc) is 2.89. The summed E-state index contributed by atoms with van der Waals surface area (Å²) in [6.45, 7) is 2.88. The fraction of sp³-hybridized carbons (Fsp3) is 0.438. The largest absolute Gasteiger partial charge is 0.463 e. The maximum atomic E-state index is 12.8. The minimum absolute atomic E-state index is 0.0279. The molecular weight excluding hydrogens is 290 g/mol. The highest BCUT2D eigenvalue weighted by Gasteiger charge is 2.30. The van der Waals surface area contributed by atoms with E-state index in [9.17, 15) is 9.90 Å². The third-order valence-electron chi connectivity index (χ3n) is 4.27. The van der Waals surface area contributed by atoms with Crippen LogP contribution in [0, 0.1) is 5.92 Å². The third kappa shape index (κ3) is 2.65. The van der Waals surface area contributed by atoms with Gasteiger partial charge in [-0.1, -0.05) is 11.6 Å². The number of hydrogen-bond donors (Lipinski definition) is 1. The van der Waals surface area contributed by atoms with Gasteiger partial charge in [-0.25, -0.2) is 0 Å². The molecular formula is C16H18ClNO3. The molecule has 1 aliphatic rings. The minimum Gasteiger partial charge on any atom is -0.463 e. The Balaban J connectivity index is 1.89. The molecule has 3 rings (SSSR count). The maximum Gasteiger partial charge on any atom is 0.257 e. The van der Waals surface area contributed by atoms with Crippen LogP contribution in [0.4, 0.5) is 0 Å². The second kappa shape index (κ2) is 5.70. The predicted octanol–water partition coefficient (Wildman–Crippen LogP) is 3.32. The Morgan fingerprint density at radius 1 is 1.52 bits per heavy atom. The zero-order chi connectivity index (χ0) is 15.0. The summed E-state index contributed by atoms with van der Waals surface area (Å²) in [4.78, 5) is 14.6. The summed E-state index contributed by atoms with van der Waals surface area (Å²) >= 11 is 6.01. The Bertz CT molecular complexity index is 667. The highest BCUT2D eigenvalue weighted by molar-refractivity contribution is 6.31. The number of furan rings is 1. The van der Waals surface area contributed by atoms with Crippen molar-refractivity contribution in [1.82, 2.24) is 4.90 Å². The molecule has 1 saturated heterocycles. The first-order chi connectivity index (χ1) is 10.1. The fourth-order valence-electron chi connectivity index (χ4n) is 3.06. The molecule has 0 aliphatic carbocycles. The SMILES string of the molecule is C[C@@H]1C[C@H](CO)CCN1C(=O)c1coc2ccc(Cl)cc12. The van der Waals surface area contributed by atoms with Crippen LogP contribution in [0.3, 0.4) is 0 Å². The van der Waals surface area contributed by atoms with E-state index in [0.717, 1.165) is 18.2 Å². The number of nitrogens with zero attached hydrogens (tertiary/aromatic N) is 1. The molecule has 21 heavy (non-hydrogen) atoms. The van der Waals surface area contributed by atoms with Crippen LogP contribution in [0.1, 0.15) is 30.1 Å². The molecule has 1 aromatic carbocycles. The van der Waals surface area contributed by atoms with Crippen molar-refractivity contribution in [2.45, 2.75) is 25.8 Å². The van der Waals surface area contributed by atoms with E-state index in [2.05, 4.69) is 0 Å². The predicted molar refractivity (Wildman–Crippen MR) is 81.5 cm³/mol. The first-order valence-electron chi connectivity index (χ1n) is 7.18. The molecule has 0 unspecified atom stereocenters. The van der Waals surface area contributed by atoms with Crippen molar-refractivity contribution in [3.05, 3.63) is 35.0 Å². The number of halogens is 1. The van der Waals surface area contributed by atoms with E-state index < -0.39 is 0 Å². The quantitative estimate of drug-likeness (QED) is 0.926. The van der Waals surface area contributed by atoms with Crippen LogP contribution in [0.5, 0.6) is 0 Å².